The predicted octanol–water partition coefficient (Wildman–Crippen LogP) is 0.837. The first-order chi connectivity index (χ1) is 7.26. The van der Waals surface area contributed by atoms with Crippen LogP contribution >= 0.6 is 0 Å². The van der Waals surface area contributed by atoms with Gasteiger partial charge in [0, 0.05) is 19.0 Å². The summed E-state index contributed by atoms with van der Waals surface area (Å²) in [6.07, 6.45) is -4.60. The summed E-state index contributed by atoms with van der Waals surface area (Å²) in [5.41, 5.74) is 5.32. The average molecular weight is 243 g/mol. The minimum absolute atomic E-state index is 0.0450. The lowest BCUT2D eigenvalue weighted by molar-refractivity contribution is -0.324. The van der Waals surface area contributed by atoms with Crippen LogP contribution in [0.2, 0.25) is 0 Å². The van der Waals surface area contributed by atoms with E-state index >= 15 is 0 Å². The van der Waals surface area contributed by atoms with Crippen LogP contribution < -0.4 is 5.73 Å². The number of oxime groups is 1. The van der Waals surface area contributed by atoms with Crippen LogP contribution in [0.25, 0.3) is 0 Å². The molecule has 0 aromatic carbocycles. The van der Waals surface area contributed by atoms with Gasteiger partial charge in [-0.25, -0.2) is 0 Å². The Morgan fingerprint density at radius 3 is 2.56 bits per heavy atom. The fourth-order valence-corrected chi connectivity index (χ4v) is 1.07. The lowest BCUT2D eigenvalue weighted by Crippen LogP contribution is -2.35. The molecule has 0 saturated heterocycles. The zero-order chi connectivity index (χ0) is 12.8. The Kier molecular flexibility index (Phi) is 6.12. The maximum Gasteiger partial charge on any atom is 0.522 e. The van der Waals surface area contributed by atoms with E-state index in [1.807, 2.05) is 0 Å². The SMILES string of the molecule is CC(CN(C)CCOC(F)(F)F)C(N)=NO. The first-order valence-corrected chi connectivity index (χ1v) is 4.63. The first kappa shape index (κ1) is 15.0. The molecular weight excluding hydrogens is 227 g/mol. The second-order valence-corrected chi connectivity index (χ2v) is 3.48. The summed E-state index contributed by atoms with van der Waals surface area (Å²) in [6, 6.07) is 0. The minimum atomic E-state index is -4.60. The third-order valence-corrected chi connectivity index (χ3v) is 1.94. The van der Waals surface area contributed by atoms with Crippen LogP contribution in [-0.4, -0.2) is 49.0 Å². The van der Waals surface area contributed by atoms with E-state index in [1.54, 1.807) is 18.9 Å². The van der Waals surface area contributed by atoms with Crippen molar-refractivity contribution in [3.63, 3.8) is 0 Å². The largest absolute Gasteiger partial charge is 0.522 e. The number of ether oxygens (including phenoxy) is 1. The van der Waals surface area contributed by atoms with Crippen LogP contribution in [0.3, 0.4) is 0 Å². The van der Waals surface area contributed by atoms with E-state index in [0.717, 1.165) is 0 Å². The molecule has 0 saturated carbocycles. The summed E-state index contributed by atoms with van der Waals surface area (Å²) in [5.74, 6) is -0.190. The number of alkyl halides is 3. The Bertz CT molecular complexity index is 233. The van der Waals surface area contributed by atoms with Crippen molar-refractivity contribution in [1.82, 2.24) is 4.90 Å². The van der Waals surface area contributed by atoms with Crippen LogP contribution in [0.15, 0.2) is 5.16 Å². The van der Waals surface area contributed by atoms with Gasteiger partial charge in [-0.15, -0.1) is 13.2 Å². The van der Waals surface area contributed by atoms with Gasteiger partial charge in [-0.1, -0.05) is 12.1 Å². The molecule has 0 aromatic rings. The summed E-state index contributed by atoms with van der Waals surface area (Å²) in [5, 5.41) is 11.2. The van der Waals surface area contributed by atoms with E-state index < -0.39 is 13.0 Å². The van der Waals surface area contributed by atoms with Crippen LogP contribution in [0.1, 0.15) is 6.92 Å². The van der Waals surface area contributed by atoms with Gasteiger partial charge in [0.05, 0.1) is 6.61 Å². The fraction of sp³-hybridized carbons (Fsp3) is 0.875. The van der Waals surface area contributed by atoms with Crippen LogP contribution in [-0.2, 0) is 4.74 Å². The second kappa shape index (κ2) is 6.54. The zero-order valence-corrected chi connectivity index (χ0v) is 9.16. The van der Waals surface area contributed by atoms with E-state index in [-0.39, 0.29) is 18.3 Å². The topological polar surface area (TPSA) is 71.1 Å². The molecule has 0 heterocycles. The van der Waals surface area contributed by atoms with Crippen molar-refractivity contribution in [2.24, 2.45) is 16.8 Å². The highest BCUT2D eigenvalue weighted by molar-refractivity contribution is 5.82. The third kappa shape index (κ3) is 7.30. The smallest absolute Gasteiger partial charge is 0.409 e. The molecule has 0 amide bonds. The summed E-state index contributed by atoms with van der Waals surface area (Å²) in [6.45, 7) is 1.76. The molecule has 0 rings (SSSR count). The molecule has 1 unspecified atom stereocenters. The Morgan fingerprint density at radius 1 is 1.56 bits per heavy atom. The maximum absolute atomic E-state index is 11.6. The molecule has 0 aromatic heterocycles. The lowest BCUT2D eigenvalue weighted by atomic mass is 10.1. The molecule has 1 atom stereocenters. The second-order valence-electron chi connectivity index (χ2n) is 3.48. The molecular formula is C8H16F3N3O2. The van der Waals surface area contributed by atoms with Crippen molar-refractivity contribution < 1.29 is 23.1 Å². The van der Waals surface area contributed by atoms with Crippen LogP contribution in [0, 0.1) is 5.92 Å². The molecule has 0 radical (unpaired) electrons. The molecule has 5 nitrogen and oxygen atoms in total. The highest BCUT2D eigenvalue weighted by atomic mass is 19.4. The van der Waals surface area contributed by atoms with Crippen LogP contribution in [0.5, 0.6) is 0 Å². The van der Waals surface area contributed by atoms with Gasteiger partial charge in [-0.2, -0.15) is 0 Å². The van der Waals surface area contributed by atoms with Gasteiger partial charge < -0.3 is 15.8 Å². The van der Waals surface area contributed by atoms with Crippen molar-refractivity contribution in [3.05, 3.63) is 0 Å². The number of nitrogens with zero attached hydrogens (tertiary/aromatic N) is 2. The van der Waals surface area contributed by atoms with E-state index in [2.05, 4.69) is 9.89 Å². The van der Waals surface area contributed by atoms with Crippen molar-refractivity contribution in [2.75, 3.05) is 26.7 Å². The summed E-state index contributed by atoms with van der Waals surface area (Å²) < 4.78 is 38.5. The van der Waals surface area contributed by atoms with Gasteiger partial charge in [0.25, 0.3) is 0 Å². The van der Waals surface area contributed by atoms with E-state index in [1.165, 1.54) is 0 Å². The van der Waals surface area contributed by atoms with Gasteiger partial charge in [0.15, 0.2) is 0 Å². The van der Waals surface area contributed by atoms with Crippen LogP contribution in [0.4, 0.5) is 13.2 Å². The van der Waals surface area contributed by atoms with E-state index in [4.69, 9.17) is 10.9 Å². The molecule has 0 spiro atoms. The van der Waals surface area contributed by atoms with Crippen molar-refractivity contribution >= 4 is 5.84 Å². The molecule has 0 bridgehead atoms. The van der Waals surface area contributed by atoms with Crippen molar-refractivity contribution in [2.45, 2.75) is 13.3 Å². The van der Waals surface area contributed by atoms with Gasteiger partial charge in [-0.05, 0) is 7.05 Å². The summed E-state index contributed by atoms with van der Waals surface area (Å²) in [7, 11) is 1.63. The molecule has 0 fully saturated rings. The maximum atomic E-state index is 11.6. The van der Waals surface area contributed by atoms with Gasteiger partial charge in [0.1, 0.15) is 5.84 Å². The fourth-order valence-electron chi connectivity index (χ4n) is 1.07. The lowest BCUT2D eigenvalue weighted by Gasteiger charge is -2.20. The Hall–Kier alpha value is -1.02. The Balaban J connectivity index is 3.79. The number of rotatable bonds is 6. The Labute approximate surface area is 91.6 Å². The number of halogens is 3. The van der Waals surface area contributed by atoms with E-state index in [0.29, 0.717) is 6.54 Å². The molecule has 96 valence electrons. The third-order valence-electron chi connectivity index (χ3n) is 1.94. The van der Waals surface area contributed by atoms with Gasteiger partial charge in [0.2, 0.25) is 0 Å². The molecule has 16 heavy (non-hydrogen) atoms. The first-order valence-electron chi connectivity index (χ1n) is 4.63. The number of hydrogen-bond donors (Lipinski definition) is 2. The van der Waals surface area contributed by atoms with Gasteiger partial charge in [-0.3, -0.25) is 4.74 Å². The standard InChI is InChI=1S/C8H16F3N3O2/c1-6(7(12)13-15)5-14(2)3-4-16-8(9,10)11/h6,15H,3-5H2,1-2H3,(H2,12,13). The number of amidine groups is 1. The highest BCUT2D eigenvalue weighted by Gasteiger charge is 2.28. The van der Waals surface area contributed by atoms with Gasteiger partial charge >= 0.3 is 6.36 Å². The number of hydrogen-bond acceptors (Lipinski definition) is 4. The summed E-state index contributed by atoms with van der Waals surface area (Å²) in [4.78, 5) is 1.61. The predicted molar refractivity (Wildman–Crippen MR) is 52.1 cm³/mol. The molecule has 8 heteroatoms. The monoisotopic (exact) mass is 243 g/mol. The van der Waals surface area contributed by atoms with Crippen molar-refractivity contribution in [3.8, 4) is 0 Å². The Morgan fingerprint density at radius 2 is 2.12 bits per heavy atom. The summed E-state index contributed by atoms with van der Waals surface area (Å²) >= 11 is 0. The van der Waals surface area contributed by atoms with Crippen molar-refractivity contribution in [1.29, 1.82) is 0 Å². The average Bonchev–Trinajstić information content (AvgIpc) is 2.14. The number of nitrogens with two attached hydrogens (primary N) is 1. The molecule has 0 aliphatic carbocycles. The quantitative estimate of drug-likeness (QED) is 0.314. The molecule has 0 aliphatic rings. The minimum Gasteiger partial charge on any atom is -0.409 e. The molecule has 3 N–H and O–H groups in total. The normalized spacial score (nSPS) is 15.5. The number of likely N-dealkylation sites (N-methyl/N-ethyl adjacent to an activating group) is 1. The zero-order valence-electron chi connectivity index (χ0n) is 9.16. The molecule has 0 aliphatic heterocycles. The van der Waals surface area contributed by atoms with E-state index in [9.17, 15) is 13.2 Å². The highest BCUT2D eigenvalue weighted by Crippen LogP contribution is 2.15.